The molecule has 0 bridgehead atoms. The van der Waals surface area contributed by atoms with Crippen molar-refractivity contribution in [3.8, 4) is 0 Å². The molecular formula is C20H25F3N4O5S. The van der Waals surface area contributed by atoms with Crippen LogP contribution in [-0.2, 0) is 35.8 Å². The van der Waals surface area contributed by atoms with Gasteiger partial charge in [0.15, 0.2) is 5.82 Å². The van der Waals surface area contributed by atoms with E-state index in [1.165, 1.54) is 14.8 Å². The van der Waals surface area contributed by atoms with Crippen LogP contribution < -0.4 is 11.1 Å². The van der Waals surface area contributed by atoms with Crippen LogP contribution in [0.3, 0.4) is 0 Å². The zero-order chi connectivity index (χ0) is 24.4. The average Bonchev–Trinajstić information content (AvgIpc) is 3.37. The van der Waals surface area contributed by atoms with Gasteiger partial charge in [-0.15, -0.1) is 0 Å². The topological polar surface area (TPSA) is 107 Å². The summed E-state index contributed by atoms with van der Waals surface area (Å²) in [6.45, 7) is 7.72. The van der Waals surface area contributed by atoms with Crippen LogP contribution in [0.2, 0.25) is 0 Å². The number of hydrogen-bond donors (Lipinski definition) is 1. The molecule has 0 radical (unpaired) electrons. The van der Waals surface area contributed by atoms with E-state index in [9.17, 15) is 22.8 Å². The van der Waals surface area contributed by atoms with Gasteiger partial charge < -0.3 is 9.84 Å². The summed E-state index contributed by atoms with van der Waals surface area (Å²) < 4.78 is 40.7. The van der Waals surface area contributed by atoms with Gasteiger partial charge in [-0.2, -0.15) is 29.6 Å². The van der Waals surface area contributed by atoms with Gasteiger partial charge in [-0.05, 0) is 34.7 Å². The fraction of sp³-hybridized carbons (Fsp3) is 0.600. The summed E-state index contributed by atoms with van der Waals surface area (Å²) in [7, 11) is 0. The maximum Gasteiger partial charge on any atom is 0.490 e. The molecule has 2 aliphatic rings. The van der Waals surface area contributed by atoms with Crippen LogP contribution in [0, 0.1) is 5.92 Å². The first-order chi connectivity index (χ1) is 15.4. The van der Waals surface area contributed by atoms with Crippen molar-refractivity contribution in [1.29, 1.82) is 0 Å². The van der Waals surface area contributed by atoms with E-state index in [0.717, 1.165) is 26.1 Å². The van der Waals surface area contributed by atoms with Crippen molar-refractivity contribution in [2.24, 2.45) is 5.92 Å². The third-order valence-electron chi connectivity index (χ3n) is 5.33. The smallest absolute Gasteiger partial charge is 0.475 e. The Morgan fingerprint density at radius 1 is 1.30 bits per heavy atom. The molecule has 2 aromatic heterocycles. The normalized spacial score (nSPS) is 20.5. The van der Waals surface area contributed by atoms with E-state index in [2.05, 4.69) is 26.8 Å². The predicted molar refractivity (Wildman–Crippen MR) is 113 cm³/mol. The molecule has 0 aliphatic carbocycles. The SMILES string of the molecule is CC(C)Cn1nc2n(c(=O)c1=O)CC1(CCN(Cc3ccsc3)C1)OC2.O=C(O)C(F)(F)F. The highest BCUT2D eigenvalue weighted by Crippen LogP contribution is 2.32. The number of aliphatic carboxylic acids is 1. The Morgan fingerprint density at radius 3 is 2.58 bits per heavy atom. The van der Waals surface area contributed by atoms with E-state index < -0.39 is 28.9 Å². The highest BCUT2D eigenvalue weighted by molar-refractivity contribution is 7.07. The molecule has 13 heteroatoms. The Labute approximate surface area is 191 Å². The van der Waals surface area contributed by atoms with Gasteiger partial charge in [-0.25, -0.2) is 9.48 Å². The molecule has 4 rings (SSSR count). The van der Waals surface area contributed by atoms with Crippen LogP contribution >= 0.6 is 11.3 Å². The van der Waals surface area contributed by atoms with E-state index in [1.54, 1.807) is 11.3 Å². The number of ether oxygens (including phenoxy) is 1. The van der Waals surface area contributed by atoms with Gasteiger partial charge in [-0.1, -0.05) is 13.8 Å². The van der Waals surface area contributed by atoms with Gasteiger partial charge in [0.05, 0.1) is 6.54 Å². The van der Waals surface area contributed by atoms with Crippen molar-refractivity contribution >= 4 is 17.3 Å². The molecule has 0 saturated carbocycles. The first-order valence-corrected chi connectivity index (χ1v) is 11.2. The standard InChI is InChI=1S/C18H24N4O3S.C2HF3O2/c1-13(2)7-22-17(24)16(23)21-12-18(25-9-15(21)19-22)4-5-20(11-18)8-14-3-6-26-10-14;3-2(4,5)1(6)7/h3,6,10,13H,4-5,7-9,11-12H2,1-2H3;(H,6,7). The van der Waals surface area contributed by atoms with Crippen LogP contribution in [0.25, 0.3) is 0 Å². The van der Waals surface area contributed by atoms with Crippen LogP contribution in [0.15, 0.2) is 26.4 Å². The molecular weight excluding hydrogens is 465 g/mol. The lowest BCUT2D eigenvalue weighted by atomic mass is 10.0. The number of nitrogens with zero attached hydrogens (tertiary/aromatic N) is 4. The second kappa shape index (κ2) is 9.77. The molecule has 0 aromatic carbocycles. The molecule has 1 unspecified atom stereocenters. The van der Waals surface area contributed by atoms with Crippen molar-refractivity contribution in [3.63, 3.8) is 0 Å². The lowest BCUT2D eigenvalue weighted by Crippen LogP contribution is -2.53. The van der Waals surface area contributed by atoms with Gasteiger partial charge in [-0.3, -0.25) is 19.1 Å². The number of carboxylic acid groups (broad SMARTS) is 1. The van der Waals surface area contributed by atoms with E-state index in [-0.39, 0.29) is 12.5 Å². The Bertz CT molecular complexity index is 1100. The summed E-state index contributed by atoms with van der Waals surface area (Å²) in [5, 5.41) is 15.7. The van der Waals surface area contributed by atoms with Crippen molar-refractivity contribution < 1.29 is 27.8 Å². The van der Waals surface area contributed by atoms with Crippen LogP contribution in [0.4, 0.5) is 13.2 Å². The quantitative estimate of drug-likeness (QED) is 0.653. The van der Waals surface area contributed by atoms with Gasteiger partial charge in [0.1, 0.15) is 12.2 Å². The van der Waals surface area contributed by atoms with Crippen LogP contribution in [-0.4, -0.2) is 55.2 Å². The molecule has 1 spiro atoms. The summed E-state index contributed by atoms with van der Waals surface area (Å²) in [5.41, 5.74) is -0.105. The van der Waals surface area contributed by atoms with Gasteiger partial charge in [0.25, 0.3) is 0 Å². The summed E-state index contributed by atoms with van der Waals surface area (Å²) in [6.07, 6.45) is -4.22. The second-order valence-electron chi connectivity index (χ2n) is 8.56. The number of carboxylic acids is 1. The first-order valence-electron chi connectivity index (χ1n) is 10.3. The average molecular weight is 491 g/mol. The monoisotopic (exact) mass is 490 g/mol. The molecule has 2 aromatic rings. The highest BCUT2D eigenvalue weighted by Gasteiger charge is 2.43. The fourth-order valence-electron chi connectivity index (χ4n) is 3.82. The summed E-state index contributed by atoms with van der Waals surface area (Å²) in [5.74, 6) is -1.95. The molecule has 33 heavy (non-hydrogen) atoms. The Balaban J connectivity index is 0.000000383. The molecule has 1 atom stereocenters. The van der Waals surface area contributed by atoms with E-state index in [0.29, 0.717) is 18.9 Å². The van der Waals surface area contributed by atoms with E-state index >= 15 is 0 Å². The van der Waals surface area contributed by atoms with Crippen LogP contribution in [0.5, 0.6) is 0 Å². The number of rotatable bonds is 4. The minimum atomic E-state index is -5.08. The first kappa shape index (κ1) is 25.1. The van der Waals surface area contributed by atoms with E-state index in [1.807, 2.05) is 13.8 Å². The van der Waals surface area contributed by atoms with E-state index in [4.69, 9.17) is 14.6 Å². The third-order valence-corrected chi connectivity index (χ3v) is 6.06. The van der Waals surface area contributed by atoms with Crippen molar-refractivity contribution in [1.82, 2.24) is 19.2 Å². The lowest BCUT2D eigenvalue weighted by molar-refractivity contribution is -0.192. The molecule has 4 heterocycles. The molecule has 1 saturated heterocycles. The molecule has 182 valence electrons. The number of thiophene rings is 1. The van der Waals surface area contributed by atoms with Gasteiger partial charge in [0, 0.05) is 26.2 Å². The number of fused-ring (bicyclic) bond motifs is 1. The Morgan fingerprint density at radius 2 is 2.00 bits per heavy atom. The van der Waals surface area contributed by atoms with Crippen molar-refractivity contribution in [3.05, 3.63) is 48.9 Å². The van der Waals surface area contributed by atoms with Gasteiger partial charge in [0.2, 0.25) is 0 Å². The van der Waals surface area contributed by atoms with Gasteiger partial charge >= 0.3 is 23.3 Å². The zero-order valence-corrected chi connectivity index (χ0v) is 19.0. The minimum Gasteiger partial charge on any atom is -0.475 e. The minimum absolute atomic E-state index is 0.249. The predicted octanol–water partition coefficient (Wildman–Crippen LogP) is 1.93. The summed E-state index contributed by atoms with van der Waals surface area (Å²) >= 11 is 1.70. The third kappa shape index (κ3) is 6.09. The number of carbonyl (C=O) groups is 1. The molecule has 0 amide bonds. The Kier molecular flexibility index (Phi) is 7.44. The number of aromatic nitrogens is 3. The van der Waals surface area contributed by atoms with Crippen molar-refractivity contribution in [2.45, 2.75) is 58.3 Å². The number of likely N-dealkylation sites (tertiary alicyclic amines) is 1. The summed E-state index contributed by atoms with van der Waals surface area (Å²) in [6, 6.07) is 2.14. The van der Waals surface area contributed by atoms with Crippen LogP contribution in [0.1, 0.15) is 31.7 Å². The fourth-order valence-corrected chi connectivity index (χ4v) is 4.48. The molecule has 9 nitrogen and oxygen atoms in total. The second-order valence-corrected chi connectivity index (χ2v) is 9.34. The number of halogens is 3. The number of alkyl halides is 3. The maximum atomic E-state index is 12.6. The highest BCUT2D eigenvalue weighted by atomic mass is 32.1. The molecule has 1 fully saturated rings. The maximum absolute atomic E-state index is 12.6. The number of hydrogen-bond acceptors (Lipinski definition) is 7. The zero-order valence-electron chi connectivity index (χ0n) is 18.2. The Hall–Kier alpha value is -2.51. The van der Waals surface area contributed by atoms with Crippen molar-refractivity contribution in [2.75, 3.05) is 13.1 Å². The summed E-state index contributed by atoms with van der Waals surface area (Å²) in [4.78, 5) is 36.2. The largest absolute Gasteiger partial charge is 0.490 e. The molecule has 2 aliphatic heterocycles. The molecule has 1 N–H and O–H groups in total. The lowest BCUT2D eigenvalue weighted by Gasteiger charge is -2.35.